The van der Waals surface area contributed by atoms with Crippen molar-refractivity contribution in [2.75, 3.05) is 20.3 Å². The number of hydrogen-bond acceptors (Lipinski definition) is 6. The number of carbonyl (C=O) groups excluding carboxylic acids is 3. The van der Waals surface area contributed by atoms with Gasteiger partial charge in [-0.3, -0.25) is 9.59 Å². The molecule has 1 aromatic carbocycles. The quantitative estimate of drug-likeness (QED) is 0.753. The molecule has 0 aromatic heterocycles. The molecule has 0 spiro atoms. The largest absolute Gasteiger partial charge is 0.494 e. The molecule has 0 heterocycles. The topological polar surface area (TPSA) is 90.9 Å². The van der Waals surface area contributed by atoms with Crippen molar-refractivity contribution in [2.24, 2.45) is 0 Å². The van der Waals surface area contributed by atoms with E-state index in [9.17, 15) is 14.4 Å². The van der Waals surface area contributed by atoms with Crippen LogP contribution in [0.1, 0.15) is 24.2 Å². The Morgan fingerprint density at radius 1 is 1.18 bits per heavy atom. The summed E-state index contributed by atoms with van der Waals surface area (Å²) in [6.07, 6.45) is -1.01. The molecule has 7 nitrogen and oxygen atoms in total. The highest BCUT2D eigenvalue weighted by molar-refractivity contribution is 5.96. The van der Waals surface area contributed by atoms with Gasteiger partial charge >= 0.3 is 11.9 Å². The van der Waals surface area contributed by atoms with Gasteiger partial charge < -0.3 is 19.5 Å². The van der Waals surface area contributed by atoms with Crippen molar-refractivity contribution in [1.82, 2.24) is 5.32 Å². The molecule has 0 saturated heterocycles. The van der Waals surface area contributed by atoms with Crippen LogP contribution in [0.2, 0.25) is 0 Å². The lowest BCUT2D eigenvalue weighted by Crippen LogP contribution is -2.34. The maximum Gasteiger partial charge on any atom is 0.346 e. The molecule has 22 heavy (non-hydrogen) atoms. The summed E-state index contributed by atoms with van der Waals surface area (Å²) in [5.74, 6) is -1.15. The molecular weight excluding hydrogens is 290 g/mol. The van der Waals surface area contributed by atoms with Gasteiger partial charge in [0.15, 0.2) is 6.10 Å². The lowest BCUT2D eigenvalue weighted by atomic mass is 10.2. The second kappa shape index (κ2) is 8.66. The number of amides is 1. The Labute approximate surface area is 128 Å². The van der Waals surface area contributed by atoms with E-state index >= 15 is 0 Å². The van der Waals surface area contributed by atoms with Gasteiger partial charge in [-0.2, -0.15) is 0 Å². The molecule has 0 saturated carbocycles. The van der Waals surface area contributed by atoms with Gasteiger partial charge in [0.25, 0.3) is 5.91 Å². The van der Waals surface area contributed by atoms with Crippen molar-refractivity contribution < 1.29 is 28.6 Å². The van der Waals surface area contributed by atoms with Crippen LogP contribution in [0.5, 0.6) is 5.75 Å². The van der Waals surface area contributed by atoms with Crippen LogP contribution in [-0.4, -0.2) is 44.2 Å². The zero-order valence-corrected chi connectivity index (χ0v) is 12.8. The molecule has 1 rings (SSSR count). The zero-order chi connectivity index (χ0) is 16.5. The highest BCUT2D eigenvalue weighted by Crippen LogP contribution is 2.11. The van der Waals surface area contributed by atoms with Gasteiger partial charge in [-0.15, -0.1) is 0 Å². The monoisotopic (exact) mass is 309 g/mol. The fourth-order valence-corrected chi connectivity index (χ4v) is 1.58. The standard InChI is InChI=1S/C15H19NO6/c1-4-21-12-7-5-11(6-8-12)14(18)16-9-13(17)22-10(2)15(19)20-3/h5-8,10H,4,9H2,1-3H3,(H,16,18). The summed E-state index contributed by atoms with van der Waals surface area (Å²) < 4.78 is 14.5. The van der Waals surface area contributed by atoms with Gasteiger partial charge in [-0.05, 0) is 38.1 Å². The normalized spacial score (nSPS) is 11.2. The molecule has 0 aliphatic rings. The van der Waals surface area contributed by atoms with Gasteiger partial charge in [0.1, 0.15) is 12.3 Å². The minimum atomic E-state index is -1.01. The van der Waals surface area contributed by atoms with Crippen LogP contribution in [-0.2, 0) is 19.1 Å². The summed E-state index contributed by atoms with van der Waals surface area (Å²) in [4.78, 5) is 34.4. The third-order valence-electron chi connectivity index (χ3n) is 2.66. The van der Waals surface area contributed by atoms with Crippen molar-refractivity contribution in [3.05, 3.63) is 29.8 Å². The van der Waals surface area contributed by atoms with Crippen LogP contribution in [0.15, 0.2) is 24.3 Å². The van der Waals surface area contributed by atoms with Crippen LogP contribution < -0.4 is 10.1 Å². The van der Waals surface area contributed by atoms with E-state index in [-0.39, 0.29) is 6.54 Å². The Hall–Kier alpha value is -2.57. The summed E-state index contributed by atoms with van der Waals surface area (Å²) in [6.45, 7) is 3.45. The molecule has 7 heteroatoms. The lowest BCUT2D eigenvalue weighted by Gasteiger charge is -2.11. The van der Waals surface area contributed by atoms with Gasteiger partial charge in [-0.25, -0.2) is 4.79 Å². The van der Waals surface area contributed by atoms with E-state index in [4.69, 9.17) is 9.47 Å². The van der Waals surface area contributed by atoms with Gasteiger partial charge in [-0.1, -0.05) is 0 Å². The Morgan fingerprint density at radius 2 is 1.82 bits per heavy atom. The minimum Gasteiger partial charge on any atom is -0.494 e. The molecule has 1 amide bonds. The number of benzene rings is 1. The highest BCUT2D eigenvalue weighted by atomic mass is 16.6. The molecule has 0 fully saturated rings. The molecule has 0 bridgehead atoms. The van der Waals surface area contributed by atoms with Crippen molar-refractivity contribution in [3.63, 3.8) is 0 Å². The van der Waals surface area contributed by atoms with E-state index in [1.54, 1.807) is 24.3 Å². The summed E-state index contributed by atoms with van der Waals surface area (Å²) in [6, 6.07) is 6.50. The Balaban J connectivity index is 2.45. The molecule has 0 radical (unpaired) electrons. The first-order chi connectivity index (χ1) is 10.5. The van der Waals surface area contributed by atoms with Crippen molar-refractivity contribution >= 4 is 17.8 Å². The number of nitrogens with one attached hydrogen (secondary N) is 1. The molecule has 0 aliphatic heterocycles. The minimum absolute atomic E-state index is 0.340. The number of carbonyl (C=O) groups is 3. The van der Waals surface area contributed by atoms with Gasteiger partial charge in [0, 0.05) is 5.56 Å². The highest BCUT2D eigenvalue weighted by Gasteiger charge is 2.18. The van der Waals surface area contributed by atoms with E-state index in [1.165, 1.54) is 14.0 Å². The van der Waals surface area contributed by atoms with Gasteiger partial charge in [0.05, 0.1) is 13.7 Å². The second-order valence-corrected chi connectivity index (χ2v) is 4.30. The third-order valence-corrected chi connectivity index (χ3v) is 2.66. The van der Waals surface area contributed by atoms with Crippen LogP contribution in [0.4, 0.5) is 0 Å². The average Bonchev–Trinajstić information content (AvgIpc) is 2.52. The predicted octanol–water partition coefficient (Wildman–Crippen LogP) is 0.920. The summed E-state index contributed by atoms with van der Waals surface area (Å²) >= 11 is 0. The number of hydrogen-bond donors (Lipinski definition) is 1. The van der Waals surface area contributed by atoms with Crippen LogP contribution >= 0.6 is 0 Å². The Kier molecular flexibility index (Phi) is 6.88. The molecule has 1 atom stereocenters. The molecule has 1 unspecified atom stereocenters. The van der Waals surface area contributed by atoms with E-state index in [0.29, 0.717) is 17.9 Å². The van der Waals surface area contributed by atoms with Gasteiger partial charge in [0.2, 0.25) is 0 Å². The molecule has 1 N–H and O–H groups in total. The van der Waals surface area contributed by atoms with Crippen molar-refractivity contribution in [1.29, 1.82) is 0 Å². The summed E-state index contributed by atoms with van der Waals surface area (Å²) in [5.41, 5.74) is 0.386. The number of esters is 2. The van der Waals surface area contributed by atoms with Crippen LogP contribution in [0.3, 0.4) is 0 Å². The smallest absolute Gasteiger partial charge is 0.346 e. The van der Waals surface area contributed by atoms with Crippen LogP contribution in [0.25, 0.3) is 0 Å². The van der Waals surface area contributed by atoms with E-state index < -0.39 is 23.9 Å². The number of methoxy groups -OCH3 is 1. The Morgan fingerprint density at radius 3 is 2.36 bits per heavy atom. The lowest BCUT2D eigenvalue weighted by molar-refractivity contribution is -0.163. The summed E-state index contributed by atoms with van der Waals surface area (Å²) in [7, 11) is 1.19. The first-order valence-electron chi connectivity index (χ1n) is 6.76. The molecule has 0 aliphatic carbocycles. The molecule has 120 valence electrons. The van der Waals surface area contributed by atoms with Crippen LogP contribution in [0, 0.1) is 0 Å². The van der Waals surface area contributed by atoms with E-state index in [2.05, 4.69) is 10.1 Å². The zero-order valence-electron chi connectivity index (χ0n) is 12.8. The predicted molar refractivity (Wildman–Crippen MR) is 77.5 cm³/mol. The molecular formula is C15H19NO6. The number of rotatable bonds is 7. The maximum absolute atomic E-state index is 11.8. The van der Waals surface area contributed by atoms with E-state index in [0.717, 1.165) is 0 Å². The fourth-order valence-electron chi connectivity index (χ4n) is 1.58. The maximum atomic E-state index is 11.8. The second-order valence-electron chi connectivity index (χ2n) is 4.30. The average molecular weight is 309 g/mol. The number of ether oxygens (including phenoxy) is 3. The first-order valence-corrected chi connectivity index (χ1v) is 6.76. The Bertz CT molecular complexity index is 525. The first kappa shape index (κ1) is 17.5. The SMILES string of the molecule is CCOc1ccc(C(=O)NCC(=O)OC(C)C(=O)OC)cc1. The van der Waals surface area contributed by atoms with E-state index in [1.807, 2.05) is 6.92 Å². The third kappa shape index (κ3) is 5.43. The fraction of sp³-hybridized carbons (Fsp3) is 0.400. The van der Waals surface area contributed by atoms with Crippen molar-refractivity contribution in [3.8, 4) is 5.75 Å². The molecule has 1 aromatic rings. The van der Waals surface area contributed by atoms with Crippen molar-refractivity contribution in [2.45, 2.75) is 20.0 Å². The summed E-state index contributed by atoms with van der Waals surface area (Å²) in [5, 5.41) is 2.41.